The van der Waals surface area contributed by atoms with Crippen molar-refractivity contribution in [1.29, 1.82) is 0 Å². The van der Waals surface area contributed by atoms with Gasteiger partial charge >= 0.3 is 0 Å². The molecule has 8 nitrogen and oxygen atoms in total. The van der Waals surface area contributed by atoms with Gasteiger partial charge in [0.25, 0.3) is 0 Å². The predicted molar refractivity (Wildman–Crippen MR) is 91.8 cm³/mol. The fourth-order valence-corrected chi connectivity index (χ4v) is 1.80. The molecular weight excluding hydrogens is 314 g/mol. The third-order valence-corrected chi connectivity index (χ3v) is 3.16. The average molecular weight is 347 g/mol. The number of hydrogen-bond donors (Lipinski definition) is 3. The molecule has 0 aliphatic rings. The summed E-state index contributed by atoms with van der Waals surface area (Å²) in [6, 6.07) is 0. The Morgan fingerprint density at radius 3 is 2.00 bits per heavy atom. The van der Waals surface area contributed by atoms with E-state index in [1.807, 2.05) is 11.9 Å². The van der Waals surface area contributed by atoms with Gasteiger partial charge in [0.2, 0.25) is 11.8 Å². The van der Waals surface area contributed by atoms with Crippen LogP contribution < -0.4 is 10.6 Å². The van der Waals surface area contributed by atoms with E-state index in [4.69, 9.17) is 14.6 Å². The Morgan fingerprint density at radius 2 is 1.46 bits per heavy atom. The molecule has 3 N–H and O–H groups in total. The number of hydrogen-bond acceptors (Lipinski definition) is 6. The zero-order valence-corrected chi connectivity index (χ0v) is 15.0. The largest absolute Gasteiger partial charge is 0.395 e. The van der Waals surface area contributed by atoms with Gasteiger partial charge in [-0.25, -0.2) is 0 Å². The number of carbonyl (C=O) groups excluding carboxylic acids is 2. The summed E-state index contributed by atoms with van der Waals surface area (Å²) in [7, 11) is 1.87. The lowest BCUT2D eigenvalue weighted by Crippen LogP contribution is -2.33. The second-order valence-electron chi connectivity index (χ2n) is 5.45. The van der Waals surface area contributed by atoms with E-state index < -0.39 is 0 Å². The molecule has 2 amide bonds. The monoisotopic (exact) mass is 347 g/mol. The molecule has 0 saturated heterocycles. The Balaban J connectivity index is 3.45. The number of ether oxygens (including phenoxy) is 2. The summed E-state index contributed by atoms with van der Waals surface area (Å²) in [5.41, 5.74) is 0. The number of nitrogens with one attached hydrogen (secondary N) is 2. The van der Waals surface area contributed by atoms with Crippen LogP contribution in [-0.2, 0) is 19.1 Å². The van der Waals surface area contributed by atoms with Crippen LogP contribution in [0.5, 0.6) is 0 Å². The van der Waals surface area contributed by atoms with Crippen LogP contribution in [-0.4, -0.2) is 88.1 Å². The van der Waals surface area contributed by atoms with Crippen LogP contribution in [0.4, 0.5) is 0 Å². The van der Waals surface area contributed by atoms with Crippen molar-refractivity contribution in [3.63, 3.8) is 0 Å². The van der Waals surface area contributed by atoms with Crippen LogP contribution in [0.25, 0.3) is 0 Å². The lowest BCUT2D eigenvalue weighted by atomic mass is 10.3. The van der Waals surface area contributed by atoms with Crippen molar-refractivity contribution in [3.05, 3.63) is 0 Å². The van der Waals surface area contributed by atoms with Gasteiger partial charge in [-0.05, 0) is 13.5 Å². The molecule has 0 bridgehead atoms. The van der Waals surface area contributed by atoms with Gasteiger partial charge in [0.05, 0.1) is 26.4 Å². The molecule has 142 valence electrons. The number of carbonyl (C=O) groups is 2. The number of rotatable bonds is 16. The minimum Gasteiger partial charge on any atom is -0.395 e. The van der Waals surface area contributed by atoms with Crippen molar-refractivity contribution in [1.82, 2.24) is 15.5 Å². The van der Waals surface area contributed by atoms with E-state index in [0.29, 0.717) is 52.3 Å². The molecule has 0 unspecified atom stereocenters. The molecule has 24 heavy (non-hydrogen) atoms. The normalized spacial score (nSPS) is 10.8. The highest BCUT2D eigenvalue weighted by Gasteiger charge is 2.06. The van der Waals surface area contributed by atoms with Gasteiger partial charge in [0.1, 0.15) is 0 Å². The van der Waals surface area contributed by atoms with Gasteiger partial charge < -0.3 is 30.1 Å². The maximum absolute atomic E-state index is 11.7. The fourth-order valence-electron chi connectivity index (χ4n) is 1.80. The van der Waals surface area contributed by atoms with E-state index in [0.717, 1.165) is 13.0 Å². The number of nitrogens with zero attached hydrogens (tertiary/aromatic N) is 1. The Hall–Kier alpha value is -1.22. The Kier molecular flexibility index (Phi) is 15.8. The Morgan fingerprint density at radius 1 is 0.917 bits per heavy atom. The zero-order valence-electron chi connectivity index (χ0n) is 15.0. The van der Waals surface area contributed by atoms with Gasteiger partial charge in [-0.1, -0.05) is 6.92 Å². The first kappa shape index (κ1) is 22.8. The number of amides is 2. The van der Waals surface area contributed by atoms with Gasteiger partial charge in [-0.3, -0.25) is 9.59 Å². The van der Waals surface area contributed by atoms with Crippen molar-refractivity contribution in [3.8, 4) is 0 Å². The molecule has 0 spiro atoms. The molecule has 0 aromatic carbocycles. The smallest absolute Gasteiger partial charge is 0.221 e. The van der Waals surface area contributed by atoms with Gasteiger partial charge in [0.15, 0.2) is 0 Å². The summed E-state index contributed by atoms with van der Waals surface area (Å²) in [6.07, 6.45) is 1.73. The molecule has 0 rings (SSSR count). The quantitative estimate of drug-likeness (QED) is 0.321. The van der Waals surface area contributed by atoms with Crippen LogP contribution in [0.1, 0.15) is 26.2 Å². The van der Waals surface area contributed by atoms with Crippen molar-refractivity contribution >= 4 is 11.8 Å². The van der Waals surface area contributed by atoms with E-state index in [1.165, 1.54) is 0 Å². The molecule has 0 heterocycles. The van der Waals surface area contributed by atoms with E-state index in [2.05, 4.69) is 17.6 Å². The van der Waals surface area contributed by atoms with Crippen molar-refractivity contribution in [2.24, 2.45) is 0 Å². The third-order valence-electron chi connectivity index (χ3n) is 3.16. The molecule has 0 aliphatic heterocycles. The van der Waals surface area contributed by atoms with Gasteiger partial charge in [-0.15, -0.1) is 0 Å². The Bertz CT molecular complexity index is 329. The summed E-state index contributed by atoms with van der Waals surface area (Å²) in [4.78, 5) is 25.0. The molecule has 0 atom stereocenters. The van der Waals surface area contributed by atoms with E-state index in [1.54, 1.807) is 0 Å². The lowest BCUT2D eigenvalue weighted by molar-refractivity contribution is -0.121. The first-order valence-electron chi connectivity index (χ1n) is 8.58. The minimum absolute atomic E-state index is 0.0302. The standard InChI is InChI=1S/C16H33N3O5/c1-3-11-23-13-14-24-12-7-18-16(22)5-9-19(2)8-4-15(21)17-6-10-20/h20H,3-14H2,1-2H3,(H,17,21)(H,18,22). The first-order chi connectivity index (χ1) is 11.6. The average Bonchev–Trinajstić information content (AvgIpc) is 2.58. The van der Waals surface area contributed by atoms with E-state index in [9.17, 15) is 9.59 Å². The molecule has 8 heteroatoms. The SMILES string of the molecule is CCCOCCOCCNC(=O)CCN(C)CCC(=O)NCCO. The van der Waals surface area contributed by atoms with Crippen LogP contribution in [0.3, 0.4) is 0 Å². The second-order valence-corrected chi connectivity index (χ2v) is 5.45. The maximum atomic E-state index is 11.7. The van der Waals surface area contributed by atoms with Crippen molar-refractivity contribution < 1.29 is 24.2 Å². The highest BCUT2D eigenvalue weighted by atomic mass is 16.5. The van der Waals surface area contributed by atoms with Crippen LogP contribution >= 0.6 is 0 Å². The highest BCUT2D eigenvalue weighted by molar-refractivity contribution is 5.76. The second kappa shape index (κ2) is 16.6. The summed E-state index contributed by atoms with van der Waals surface area (Å²) in [5.74, 6) is -0.127. The topological polar surface area (TPSA) is 100 Å². The van der Waals surface area contributed by atoms with Crippen LogP contribution in [0, 0.1) is 0 Å². The lowest BCUT2D eigenvalue weighted by Gasteiger charge is -2.16. The number of aliphatic hydroxyl groups excluding tert-OH is 1. The number of aliphatic hydroxyl groups is 1. The summed E-state index contributed by atoms with van der Waals surface area (Å²) in [5, 5.41) is 14.0. The fraction of sp³-hybridized carbons (Fsp3) is 0.875. The van der Waals surface area contributed by atoms with Crippen molar-refractivity contribution in [2.75, 3.05) is 66.3 Å². The van der Waals surface area contributed by atoms with Gasteiger partial charge in [0, 0.05) is 45.6 Å². The minimum atomic E-state index is -0.0968. The highest BCUT2D eigenvalue weighted by Crippen LogP contribution is 1.91. The van der Waals surface area contributed by atoms with E-state index in [-0.39, 0.29) is 25.0 Å². The van der Waals surface area contributed by atoms with E-state index >= 15 is 0 Å². The first-order valence-corrected chi connectivity index (χ1v) is 8.58. The van der Waals surface area contributed by atoms with Crippen LogP contribution in [0.15, 0.2) is 0 Å². The predicted octanol–water partition coefficient (Wildman–Crippen LogP) is -0.634. The summed E-state index contributed by atoms with van der Waals surface area (Å²) in [6.45, 7) is 6.26. The molecule has 0 aliphatic carbocycles. The molecule has 0 aromatic rings. The summed E-state index contributed by atoms with van der Waals surface area (Å²) < 4.78 is 10.6. The van der Waals surface area contributed by atoms with Crippen molar-refractivity contribution in [2.45, 2.75) is 26.2 Å². The third kappa shape index (κ3) is 15.7. The maximum Gasteiger partial charge on any atom is 0.221 e. The Labute approximate surface area is 144 Å². The zero-order chi connectivity index (χ0) is 18.0. The molecular formula is C16H33N3O5. The molecule has 0 fully saturated rings. The molecule has 0 saturated carbocycles. The van der Waals surface area contributed by atoms with Gasteiger partial charge in [-0.2, -0.15) is 0 Å². The van der Waals surface area contributed by atoms with Crippen LogP contribution in [0.2, 0.25) is 0 Å². The molecule has 0 radical (unpaired) electrons. The summed E-state index contributed by atoms with van der Waals surface area (Å²) >= 11 is 0. The molecule has 0 aromatic heterocycles.